The van der Waals surface area contributed by atoms with Crippen LogP contribution in [0.1, 0.15) is 233 Å². The summed E-state index contributed by atoms with van der Waals surface area (Å²) in [6.45, 7) is 17.6. The fourth-order valence-electron chi connectivity index (χ4n) is 9.51. The molecule has 0 aromatic carbocycles. The molecule has 2 aliphatic heterocycles. The molecule has 0 spiro atoms. The smallest absolute Gasteiger partial charge is 0.308 e. The Labute approximate surface area is 381 Å². The molecule has 354 valence electrons. The molecule has 0 radical (unpaired) electrons. The Hall–Kier alpha value is -0.440. The van der Waals surface area contributed by atoms with Gasteiger partial charge in [-0.05, 0) is 115 Å². The molecule has 6 nitrogen and oxygen atoms in total. The first-order valence-electron chi connectivity index (χ1n) is 26.5. The van der Waals surface area contributed by atoms with E-state index in [0.717, 1.165) is 50.4 Å². The predicted octanol–water partition coefficient (Wildman–Crippen LogP) is 15.1. The summed E-state index contributed by atoms with van der Waals surface area (Å²) in [5.74, 6) is 4.43. The normalized spacial score (nSPS) is 16.9. The third-order valence-electron chi connectivity index (χ3n) is 13.8. The quantitative estimate of drug-likeness (QED) is 0.0342. The number of esters is 2. The molecular weight excluding hydrogens is 781 g/mol. The first-order chi connectivity index (χ1) is 29.5. The van der Waals surface area contributed by atoms with Gasteiger partial charge >= 0.3 is 11.9 Å². The number of ether oxygens (including phenoxy) is 2. The van der Waals surface area contributed by atoms with E-state index in [2.05, 4.69) is 59.1 Å². The van der Waals surface area contributed by atoms with Gasteiger partial charge in [0.1, 0.15) is 0 Å². The Balaban J connectivity index is 1.47. The molecule has 2 rings (SSSR count). The fourth-order valence-corrected chi connectivity index (χ4v) is 11.6. The van der Waals surface area contributed by atoms with E-state index in [1.165, 1.54) is 218 Å². The summed E-state index contributed by atoms with van der Waals surface area (Å²) in [6, 6.07) is 0. The Bertz CT molecular complexity index is 896. The Morgan fingerprint density at radius 2 is 0.750 bits per heavy atom. The minimum Gasteiger partial charge on any atom is -0.465 e. The van der Waals surface area contributed by atoms with Crippen LogP contribution >= 0.6 is 21.6 Å². The van der Waals surface area contributed by atoms with E-state index >= 15 is 0 Å². The van der Waals surface area contributed by atoms with E-state index in [0.29, 0.717) is 13.2 Å². The van der Waals surface area contributed by atoms with Crippen LogP contribution in [0.2, 0.25) is 0 Å². The van der Waals surface area contributed by atoms with Crippen molar-refractivity contribution in [3.63, 3.8) is 0 Å². The molecule has 2 heterocycles. The summed E-state index contributed by atoms with van der Waals surface area (Å²) in [7, 11) is 4.13. The Morgan fingerprint density at radius 1 is 0.450 bits per heavy atom. The van der Waals surface area contributed by atoms with Crippen molar-refractivity contribution in [2.24, 2.45) is 23.7 Å². The number of piperidine rings is 2. The molecule has 0 amide bonds. The van der Waals surface area contributed by atoms with Gasteiger partial charge in [-0.15, -0.1) is 0 Å². The molecule has 0 aliphatic carbocycles. The van der Waals surface area contributed by atoms with Crippen molar-refractivity contribution in [1.82, 2.24) is 9.80 Å². The van der Waals surface area contributed by atoms with Crippen molar-refractivity contribution in [2.45, 2.75) is 233 Å². The monoisotopic (exact) mass is 881 g/mol. The number of nitrogens with zero attached hydrogens (tertiary/aromatic N) is 2. The van der Waals surface area contributed by atoms with Crippen LogP contribution in [0.15, 0.2) is 0 Å². The Kier molecular flexibility index (Phi) is 37.2. The molecule has 0 saturated carbocycles. The van der Waals surface area contributed by atoms with E-state index in [4.69, 9.17) is 9.47 Å². The average molecular weight is 882 g/mol. The summed E-state index contributed by atoms with van der Waals surface area (Å²) >= 11 is 0. The number of hydrogen-bond donors (Lipinski definition) is 0. The van der Waals surface area contributed by atoms with Crippen molar-refractivity contribution >= 4 is 33.5 Å². The molecule has 60 heavy (non-hydrogen) atoms. The van der Waals surface area contributed by atoms with Crippen LogP contribution in [0.4, 0.5) is 0 Å². The van der Waals surface area contributed by atoms with Crippen LogP contribution in [0, 0.1) is 23.7 Å². The molecule has 0 bridgehead atoms. The maximum Gasteiger partial charge on any atom is 0.308 e. The second-order valence-corrected chi connectivity index (χ2v) is 21.7. The van der Waals surface area contributed by atoms with Crippen LogP contribution in [0.5, 0.6) is 0 Å². The minimum atomic E-state index is 0.0903. The number of likely N-dealkylation sites (tertiary alicyclic amines) is 2. The van der Waals surface area contributed by atoms with Gasteiger partial charge < -0.3 is 19.3 Å². The highest BCUT2D eigenvalue weighted by Gasteiger charge is 2.23. The molecule has 0 aromatic rings. The van der Waals surface area contributed by atoms with Crippen molar-refractivity contribution < 1.29 is 19.1 Å². The number of unbranched alkanes of at least 4 members (excludes halogenated alkanes) is 16. The summed E-state index contributed by atoms with van der Waals surface area (Å²) in [5.41, 5.74) is 0. The van der Waals surface area contributed by atoms with Crippen LogP contribution in [-0.2, 0) is 19.1 Å². The van der Waals surface area contributed by atoms with Crippen LogP contribution in [-0.4, -0.2) is 85.7 Å². The van der Waals surface area contributed by atoms with Gasteiger partial charge in [-0.2, -0.15) is 0 Å². The van der Waals surface area contributed by atoms with Gasteiger partial charge in [-0.1, -0.05) is 178 Å². The van der Waals surface area contributed by atoms with Crippen molar-refractivity contribution in [1.29, 1.82) is 0 Å². The van der Waals surface area contributed by atoms with Crippen molar-refractivity contribution in [3.8, 4) is 0 Å². The second kappa shape index (κ2) is 40.1. The van der Waals surface area contributed by atoms with Gasteiger partial charge in [-0.25, -0.2) is 0 Å². The van der Waals surface area contributed by atoms with E-state index < -0.39 is 0 Å². The second-order valence-electron chi connectivity index (χ2n) is 19.0. The lowest BCUT2D eigenvalue weighted by Crippen LogP contribution is -2.35. The summed E-state index contributed by atoms with van der Waals surface area (Å²) < 4.78 is 11.8. The molecule has 0 N–H and O–H groups in total. The van der Waals surface area contributed by atoms with Gasteiger partial charge in [0.15, 0.2) is 0 Å². The average Bonchev–Trinajstić information content (AvgIpc) is 3.26. The van der Waals surface area contributed by atoms with E-state index in [-0.39, 0.29) is 23.8 Å². The molecule has 8 heteroatoms. The van der Waals surface area contributed by atoms with Gasteiger partial charge in [0.25, 0.3) is 0 Å². The largest absolute Gasteiger partial charge is 0.465 e. The molecule has 2 atom stereocenters. The van der Waals surface area contributed by atoms with Crippen LogP contribution in [0.3, 0.4) is 0 Å². The number of hydrogen-bond acceptors (Lipinski definition) is 8. The summed E-state index contributed by atoms with van der Waals surface area (Å²) in [6.07, 6.45) is 39.0. The number of carbonyl (C=O) groups excluding carboxylic acids is 2. The van der Waals surface area contributed by atoms with Gasteiger partial charge in [0, 0.05) is 24.6 Å². The molecule has 0 aromatic heterocycles. The first kappa shape index (κ1) is 55.7. The zero-order chi connectivity index (χ0) is 43.1. The number of carbonyl (C=O) groups is 2. The van der Waals surface area contributed by atoms with E-state index in [1.54, 1.807) is 0 Å². The fraction of sp³-hybridized carbons (Fsp3) is 0.962. The van der Waals surface area contributed by atoms with Crippen LogP contribution in [0.25, 0.3) is 0 Å². The molecule has 2 saturated heterocycles. The standard InChI is InChI=1S/C52H100N2O4S2/c1-5-9-13-17-19-23-31-49(29-21-15-11-7-3)51(55)57-43-25-27-47-33-37-53(38-34-47)41-45-59-60-46-42-54-39-35-48(36-40-54)28-26-44-58-52(56)50(30-22-16-12-8-4)32-24-20-18-14-10-6-2/h47-50H,5-46H2,1-4H3. The van der Waals surface area contributed by atoms with Gasteiger partial charge in [0.2, 0.25) is 0 Å². The molecular formula is C52H100N2O4S2. The maximum atomic E-state index is 13.0. The summed E-state index contributed by atoms with van der Waals surface area (Å²) in [4.78, 5) is 31.4. The van der Waals surface area contributed by atoms with E-state index in [1.807, 2.05) is 0 Å². The number of rotatable bonds is 41. The van der Waals surface area contributed by atoms with Gasteiger partial charge in [0.05, 0.1) is 25.0 Å². The highest BCUT2D eigenvalue weighted by Crippen LogP contribution is 2.28. The van der Waals surface area contributed by atoms with Crippen LogP contribution < -0.4 is 0 Å². The lowest BCUT2D eigenvalue weighted by molar-refractivity contribution is -0.150. The van der Waals surface area contributed by atoms with Crippen molar-refractivity contribution in [2.75, 3.05) is 64.0 Å². The van der Waals surface area contributed by atoms with Gasteiger partial charge in [-0.3, -0.25) is 9.59 Å². The minimum absolute atomic E-state index is 0.0903. The Morgan fingerprint density at radius 3 is 1.08 bits per heavy atom. The third kappa shape index (κ3) is 29.8. The van der Waals surface area contributed by atoms with E-state index in [9.17, 15) is 9.59 Å². The molecule has 2 aliphatic rings. The maximum absolute atomic E-state index is 13.0. The third-order valence-corrected chi connectivity index (χ3v) is 16.1. The summed E-state index contributed by atoms with van der Waals surface area (Å²) in [5, 5.41) is 0. The SMILES string of the molecule is CCCCCCCCC(CCCCCC)C(=O)OCCCC1CCN(CCSSCCN2CCC(CCCOC(=O)C(CCCCCC)CCCCCCCC)CC2)CC1. The molecule has 2 unspecified atom stereocenters. The highest BCUT2D eigenvalue weighted by molar-refractivity contribution is 8.76. The van der Waals surface area contributed by atoms with Crippen molar-refractivity contribution in [3.05, 3.63) is 0 Å². The molecule has 2 fully saturated rings. The topological polar surface area (TPSA) is 59.1 Å². The zero-order valence-electron chi connectivity index (χ0n) is 40.4. The lowest BCUT2D eigenvalue weighted by atomic mass is 9.92. The highest BCUT2D eigenvalue weighted by atomic mass is 33.1. The zero-order valence-corrected chi connectivity index (χ0v) is 42.0. The first-order valence-corrected chi connectivity index (χ1v) is 29.0. The lowest BCUT2D eigenvalue weighted by Gasteiger charge is -2.32. The predicted molar refractivity (Wildman–Crippen MR) is 264 cm³/mol.